The van der Waals surface area contributed by atoms with Gasteiger partial charge in [0.15, 0.2) is 0 Å². The predicted octanol–water partition coefficient (Wildman–Crippen LogP) is 3.10. The van der Waals surface area contributed by atoms with Gasteiger partial charge in [-0.3, -0.25) is 9.59 Å². The van der Waals surface area contributed by atoms with Gasteiger partial charge in [-0.15, -0.1) is 0 Å². The van der Waals surface area contributed by atoms with Crippen LogP contribution in [0.15, 0.2) is 54.7 Å². The molecule has 5 nitrogen and oxygen atoms in total. The summed E-state index contributed by atoms with van der Waals surface area (Å²) in [6.45, 7) is 0.787. The zero-order valence-electron chi connectivity index (χ0n) is 16.1. The zero-order chi connectivity index (χ0) is 20.3. The Morgan fingerprint density at radius 3 is 2.21 bits per heavy atom. The smallest absolute Gasteiger partial charge is 0.235 e. The average molecular weight is 393 g/mol. The second-order valence-corrected chi connectivity index (χ2v) is 7.54. The molecule has 1 heterocycles. The number of carbonyl (C=O) groups is 2. The fraction of sp³-hybridized carbons (Fsp3) is 0.304. The molecule has 6 heteroatoms. The molecule has 0 unspecified atom stereocenters. The van der Waals surface area contributed by atoms with Gasteiger partial charge in [0.1, 0.15) is 11.2 Å². The van der Waals surface area contributed by atoms with Crippen LogP contribution in [0.1, 0.15) is 24.0 Å². The SMILES string of the molecule is O=C(NCCc1ccccc1F)C1(C(=O)NCCc2c[nH]c3ccccc23)CC1. The lowest BCUT2D eigenvalue weighted by atomic mass is 10.0. The van der Waals surface area contributed by atoms with Crippen LogP contribution in [0.3, 0.4) is 0 Å². The summed E-state index contributed by atoms with van der Waals surface area (Å²) in [7, 11) is 0. The number of H-pyrrole nitrogens is 1. The van der Waals surface area contributed by atoms with E-state index in [-0.39, 0.29) is 17.6 Å². The molecule has 2 amide bonds. The Labute approximate surface area is 168 Å². The van der Waals surface area contributed by atoms with Crippen LogP contribution in [0.5, 0.6) is 0 Å². The molecule has 1 saturated carbocycles. The number of amides is 2. The molecule has 3 aromatic rings. The average Bonchev–Trinajstić information content (AvgIpc) is 3.45. The van der Waals surface area contributed by atoms with E-state index in [0.29, 0.717) is 44.3 Å². The quantitative estimate of drug-likeness (QED) is 0.515. The van der Waals surface area contributed by atoms with Crippen molar-refractivity contribution in [2.75, 3.05) is 13.1 Å². The van der Waals surface area contributed by atoms with Gasteiger partial charge in [-0.05, 0) is 48.9 Å². The Kier molecular flexibility index (Phi) is 5.34. The van der Waals surface area contributed by atoms with E-state index in [1.165, 1.54) is 6.07 Å². The number of rotatable bonds is 8. The van der Waals surface area contributed by atoms with Gasteiger partial charge < -0.3 is 15.6 Å². The summed E-state index contributed by atoms with van der Waals surface area (Å²) >= 11 is 0. The first-order chi connectivity index (χ1) is 14.1. The lowest BCUT2D eigenvalue weighted by Crippen LogP contribution is -2.44. The van der Waals surface area contributed by atoms with Crippen molar-refractivity contribution < 1.29 is 14.0 Å². The molecule has 2 aromatic carbocycles. The van der Waals surface area contributed by atoms with E-state index in [9.17, 15) is 14.0 Å². The van der Waals surface area contributed by atoms with Crippen LogP contribution >= 0.6 is 0 Å². The van der Waals surface area contributed by atoms with Crippen LogP contribution in [0.25, 0.3) is 10.9 Å². The number of nitrogens with one attached hydrogen (secondary N) is 3. The Bertz CT molecular complexity index is 1040. The minimum Gasteiger partial charge on any atom is -0.361 e. The van der Waals surface area contributed by atoms with Crippen LogP contribution in [-0.2, 0) is 22.4 Å². The summed E-state index contributed by atoms with van der Waals surface area (Å²) < 4.78 is 13.7. The Balaban J connectivity index is 1.26. The molecule has 3 N–H and O–H groups in total. The van der Waals surface area contributed by atoms with Crippen LogP contribution < -0.4 is 10.6 Å². The summed E-state index contributed by atoms with van der Waals surface area (Å²) in [5, 5.41) is 6.86. The molecule has 0 radical (unpaired) electrons. The molecule has 0 aliphatic heterocycles. The van der Waals surface area contributed by atoms with Gasteiger partial charge in [0, 0.05) is 30.2 Å². The minimum atomic E-state index is -0.963. The van der Waals surface area contributed by atoms with Gasteiger partial charge >= 0.3 is 0 Å². The van der Waals surface area contributed by atoms with Crippen molar-refractivity contribution in [3.8, 4) is 0 Å². The maximum atomic E-state index is 13.7. The fourth-order valence-corrected chi connectivity index (χ4v) is 3.68. The number of hydrogen-bond acceptors (Lipinski definition) is 2. The molecule has 1 aliphatic rings. The normalized spacial score (nSPS) is 14.5. The number of carbonyl (C=O) groups excluding carboxylic acids is 2. The Morgan fingerprint density at radius 1 is 0.897 bits per heavy atom. The monoisotopic (exact) mass is 393 g/mol. The highest BCUT2D eigenvalue weighted by atomic mass is 19.1. The number of aromatic amines is 1. The van der Waals surface area contributed by atoms with Crippen molar-refractivity contribution in [2.45, 2.75) is 25.7 Å². The standard InChI is InChI=1S/C23H24FN3O2/c24-19-7-3-1-5-16(19)9-13-25-21(28)23(11-12-23)22(29)26-14-10-17-15-27-20-8-4-2-6-18(17)20/h1-8,15,27H,9-14H2,(H,25,28)(H,26,29). The summed E-state index contributed by atoms with van der Waals surface area (Å²) in [5.41, 5.74) is 1.80. The van der Waals surface area contributed by atoms with Gasteiger partial charge in [-0.1, -0.05) is 36.4 Å². The fourth-order valence-electron chi connectivity index (χ4n) is 3.68. The largest absolute Gasteiger partial charge is 0.361 e. The highest BCUT2D eigenvalue weighted by Crippen LogP contribution is 2.46. The molecular weight excluding hydrogens is 369 g/mol. The highest BCUT2D eigenvalue weighted by Gasteiger charge is 2.56. The number of benzene rings is 2. The molecule has 0 atom stereocenters. The van der Waals surface area contributed by atoms with Crippen molar-refractivity contribution in [3.63, 3.8) is 0 Å². The van der Waals surface area contributed by atoms with Crippen molar-refractivity contribution in [3.05, 3.63) is 71.7 Å². The number of fused-ring (bicyclic) bond motifs is 1. The summed E-state index contributed by atoms with van der Waals surface area (Å²) in [4.78, 5) is 28.4. The van der Waals surface area contributed by atoms with E-state index in [1.54, 1.807) is 18.2 Å². The van der Waals surface area contributed by atoms with Gasteiger partial charge in [0.25, 0.3) is 0 Å². The van der Waals surface area contributed by atoms with E-state index in [4.69, 9.17) is 0 Å². The highest BCUT2D eigenvalue weighted by molar-refractivity contribution is 6.07. The van der Waals surface area contributed by atoms with E-state index in [2.05, 4.69) is 15.6 Å². The second-order valence-electron chi connectivity index (χ2n) is 7.54. The first-order valence-electron chi connectivity index (χ1n) is 9.95. The van der Waals surface area contributed by atoms with Gasteiger partial charge in [-0.2, -0.15) is 0 Å². The third kappa shape index (κ3) is 4.01. The van der Waals surface area contributed by atoms with Crippen molar-refractivity contribution in [2.24, 2.45) is 5.41 Å². The molecule has 29 heavy (non-hydrogen) atoms. The summed E-state index contributed by atoms with van der Waals surface area (Å²) in [5.74, 6) is -0.767. The molecule has 0 spiro atoms. The Morgan fingerprint density at radius 2 is 1.52 bits per heavy atom. The molecule has 1 aromatic heterocycles. The van der Waals surface area contributed by atoms with Crippen LogP contribution in [0.2, 0.25) is 0 Å². The topological polar surface area (TPSA) is 74.0 Å². The van der Waals surface area contributed by atoms with Crippen LogP contribution in [0.4, 0.5) is 4.39 Å². The number of para-hydroxylation sites is 1. The number of halogens is 1. The van der Waals surface area contributed by atoms with Crippen molar-refractivity contribution >= 4 is 22.7 Å². The summed E-state index contributed by atoms with van der Waals surface area (Å²) in [6, 6.07) is 14.5. The van der Waals surface area contributed by atoms with Crippen molar-refractivity contribution in [1.82, 2.24) is 15.6 Å². The van der Waals surface area contributed by atoms with Crippen LogP contribution in [-0.4, -0.2) is 29.9 Å². The van der Waals surface area contributed by atoms with Gasteiger partial charge in [-0.25, -0.2) is 4.39 Å². The molecule has 1 aliphatic carbocycles. The maximum Gasteiger partial charge on any atom is 0.235 e. The van der Waals surface area contributed by atoms with E-state index in [0.717, 1.165) is 16.5 Å². The Hall–Kier alpha value is -3.15. The molecule has 0 bridgehead atoms. The molecule has 0 saturated heterocycles. The first kappa shape index (κ1) is 19.2. The third-order valence-electron chi connectivity index (χ3n) is 5.61. The van der Waals surface area contributed by atoms with E-state index < -0.39 is 5.41 Å². The molecule has 150 valence electrons. The van der Waals surface area contributed by atoms with Crippen molar-refractivity contribution in [1.29, 1.82) is 0 Å². The van der Waals surface area contributed by atoms with Gasteiger partial charge in [0.2, 0.25) is 11.8 Å². The predicted molar refractivity (Wildman–Crippen MR) is 110 cm³/mol. The minimum absolute atomic E-state index is 0.222. The van der Waals surface area contributed by atoms with E-state index >= 15 is 0 Å². The molecule has 1 fully saturated rings. The van der Waals surface area contributed by atoms with Crippen LogP contribution in [0, 0.1) is 11.2 Å². The molecular formula is C23H24FN3O2. The lowest BCUT2D eigenvalue weighted by Gasteiger charge is -2.15. The lowest BCUT2D eigenvalue weighted by molar-refractivity contribution is -0.137. The maximum absolute atomic E-state index is 13.7. The summed E-state index contributed by atoms with van der Waals surface area (Å²) in [6.07, 6.45) is 4.16. The number of aromatic nitrogens is 1. The number of hydrogen-bond donors (Lipinski definition) is 3. The van der Waals surface area contributed by atoms with E-state index in [1.807, 2.05) is 30.5 Å². The zero-order valence-corrected chi connectivity index (χ0v) is 16.1. The third-order valence-corrected chi connectivity index (χ3v) is 5.61. The van der Waals surface area contributed by atoms with Gasteiger partial charge in [0.05, 0.1) is 0 Å². The first-order valence-corrected chi connectivity index (χ1v) is 9.95. The molecule has 4 rings (SSSR count). The second kappa shape index (κ2) is 8.07.